The fourth-order valence-electron chi connectivity index (χ4n) is 1.66. The number of carbonyl (C=O) groups is 2. The van der Waals surface area contributed by atoms with E-state index in [9.17, 15) is 18.0 Å². The molecule has 1 aliphatic heterocycles. The normalized spacial score (nSPS) is 17.4. The molecule has 0 saturated carbocycles. The predicted molar refractivity (Wildman–Crippen MR) is 82.7 cm³/mol. The SMILES string of the molecule is CC(=O)Oc1cccc(C(=O)NC2NC=C(S(C)(=O)=O)S2)c1. The maximum absolute atomic E-state index is 12.1. The lowest BCUT2D eigenvalue weighted by Crippen LogP contribution is -2.38. The van der Waals surface area contributed by atoms with E-state index in [0.29, 0.717) is 5.56 Å². The largest absolute Gasteiger partial charge is 0.427 e. The highest BCUT2D eigenvalue weighted by molar-refractivity contribution is 8.18. The van der Waals surface area contributed by atoms with Crippen LogP contribution in [0.2, 0.25) is 0 Å². The summed E-state index contributed by atoms with van der Waals surface area (Å²) in [6.07, 6.45) is 2.44. The summed E-state index contributed by atoms with van der Waals surface area (Å²) in [6, 6.07) is 6.14. The van der Waals surface area contributed by atoms with Gasteiger partial charge >= 0.3 is 5.97 Å². The fourth-order valence-corrected chi connectivity index (χ4v) is 3.60. The van der Waals surface area contributed by atoms with E-state index in [2.05, 4.69) is 10.6 Å². The molecule has 118 valence electrons. The van der Waals surface area contributed by atoms with Gasteiger partial charge in [-0.3, -0.25) is 9.59 Å². The van der Waals surface area contributed by atoms with Gasteiger partial charge in [-0.1, -0.05) is 17.8 Å². The first-order chi connectivity index (χ1) is 10.3. The van der Waals surface area contributed by atoms with Crippen molar-refractivity contribution in [3.63, 3.8) is 0 Å². The molecular formula is C13H14N2O5S2. The summed E-state index contributed by atoms with van der Waals surface area (Å²) in [5.41, 5.74) is -0.274. The van der Waals surface area contributed by atoms with Gasteiger partial charge in [-0.2, -0.15) is 0 Å². The lowest BCUT2D eigenvalue weighted by atomic mass is 10.2. The molecule has 0 aromatic heterocycles. The molecule has 1 aliphatic rings. The van der Waals surface area contributed by atoms with Gasteiger partial charge in [-0.15, -0.1) is 0 Å². The van der Waals surface area contributed by atoms with Gasteiger partial charge in [0.05, 0.1) is 0 Å². The van der Waals surface area contributed by atoms with Crippen LogP contribution in [0.5, 0.6) is 5.75 Å². The first-order valence-electron chi connectivity index (χ1n) is 6.18. The van der Waals surface area contributed by atoms with Crippen LogP contribution in [-0.4, -0.2) is 32.0 Å². The molecule has 0 saturated heterocycles. The summed E-state index contributed by atoms with van der Waals surface area (Å²) in [5.74, 6) is -0.628. The van der Waals surface area contributed by atoms with Gasteiger partial charge < -0.3 is 15.4 Å². The number of hydrogen-bond donors (Lipinski definition) is 2. The molecule has 0 radical (unpaired) electrons. The summed E-state index contributed by atoms with van der Waals surface area (Å²) in [7, 11) is -3.30. The Morgan fingerprint density at radius 1 is 1.36 bits per heavy atom. The average Bonchev–Trinajstić information content (AvgIpc) is 2.86. The Morgan fingerprint density at radius 3 is 2.68 bits per heavy atom. The van der Waals surface area contributed by atoms with Crippen molar-refractivity contribution in [2.75, 3.05) is 6.26 Å². The second kappa shape index (κ2) is 6.41. The van der Waals surface area contributed by atoms with E-state index >= 15 is 0 Å². The zero-order valence-corrected chi connectivity index (χ0v) is 13.5. The van der Waals surface area contributed by atoms with Crippen LogP contribution < -0.4 is 15.4 Å². The van der Waals surface area contributed by atoms with Gasteiger partial charge in [0, 0.05) is 24.9 Å². The highest BCUT2D eigenvalue weighted by Crippen LogP contribution is 2.28. The average molecular weight is 342 g/mol. The molecular weight excluding hydrogens is 328 g/mol. The van der Waals surface area contributed by atoms with Crippen molar-refractivity contribution in [1.29, 1.82) is 0 Å². The van der Waals surface area contributed by atoms with Crippen molar-refractivity contribution in [3.05, 3.63) is 40.3 Å². The summed E-state index contributed by atoms with van der Waals surface area (Å²) in [4.78, 5) is 23.0. The van der Waals surface area contributed by atoms with Gasteiger partial charge in [0.25, 0.3) is 5.91 Å². The predicted octanol–water partition coefficient (Wildman–Crippen LogP) is 0.805. The third-order valence-electron chi connectivity index (χ3n) is 2.57. The molecule has 0 fully saturated rings. The molecule has 1 heterocycles. The fraction of sp³-hybridized carbons (Fsp3) is 0.231. The number of thioether (sulfide) groups is 1. The standard InChI is InChI=1S/C13H14N2O5S2/c1-8(16)20-10-5-3-4-9(6-10)12(17)15-13-14-7-11(21-13)22(2,18)19/h3-7,13-14H,1-2H3,(H,15,17). The monoisotopic (exact) mass is 342 g/mol. The van der Waals surface area contributed by atoms with Crippen LogP contribution in [-0.2, 0) is 14.6 Å². The van der Waals surface area contributed by atoms with Crippen molar-refractivity contribution < 1.29 is 22.7 Å². The van der Waals surface area contributed by atoms with E-state index in [4.69, 9.17) is 4.74 Å². The molecule has 2 N–H and O–H groups in total. The number of hydrogen-bond acceptors (Lipinski definition) is 7. The number of nitrogens with one attached hydrogen (secondary N) is 2. The number of benzene rings is 1. The van der Waals surface area contributed by atoms with Gasteiger partial charge in [-0.25, -0.2) is 8.42 Å². The Bertz CT molecular complexity index is 743. The molecule has 22 heavy (non-hydrogen) atoms. The number of amides is 1. The van der Waals surface area contributed by atoms with Crippen LogP contribution in [0.3, 0.4) is 0 Å². The molecule has 1 unspecified atom stereocenters. The van der Waals surface area contributed by atoms with E-state index in [1.165, 1.54) is 19.2 Å². The molecule has 1 atom stereocenters. The third-order valence-corrected chi connectivity index (χ3v) is 5.46. The van der Waals surface area contributed by atoms with Gasteiger partial charge in [0.2, 0.25) is 0 Å². The first-order valence-corrected chi connectivity index (χ1v) is 8.95. The zero-order valence-electron chi connectivity index (χ0n) is 11.8. The zero-order chi connectivity index (χ0) is 16.3. The van der Waals surface area contributed by atoms with Crippen LogP contribution >= 0.6 is 11.8 Å². The topological polar surface area (TPSA) is 102 Å². The highest BCUT2D eigenvalue weighted by Gasteiger charge is 2.25. The summed E-state index contributed by atoms with van der Waals surface area (Å²) in [6.45, 7) is 1.27. The Labute approximate surface area is 132 Å². The highest BCUT2D eigenvalue weighted by atomic mass is 32.3. The molecule has 1 amide bonds. The Morgan fingerprint density at radius 2 is 2.09 bits per heavy atom. The number of rotatable bonds is 4. The third kappa shape index (κ3) is 4.25. The van der Waals surface area contributed by atoms with Gasteiger partial charge in [-0.05, 0) is 18.2 Å². The van der Waals surface area contributed by atoms with Crippen LogP contribution in [0.4, 0.5) is 0 Å². The molecule has 7 nitrogen and oxygen atoms in total. The van der Waals surface area contributed by atoms with E-state index < -0.39 is 27.2 Å². The smallest absolute Gasteiger partial charge is 0.308 e. The van der Waals surface area contributed by atoms with Crippen LogP contribution in [0.25, 0.3) is 0 Å². The summed E-state index contributed by atoms with van der Waals surface area (Å²) in [5, 5.41) is 5.40. The van der Waals surface area contributed by atoms with Crippen molar-refractivity contribution in [2.24, 2.45) is 0 Å². The molecule has 1 aromatic rings. The number of ether oxygens (including phenoxy) is 1. The molecule has 0 aliphatic carbocycles. The second-order valence-electron chi connectivity index (χ2n) is 4.50. The van der Waals surface area contributed by atoms with Crippen molar-refractivity contribution in [3.8, 4) is 5.75 Å². The minimum atomic E-state index is -3.30. The van der Waals surface area contributed by atoms with Crippen LogP contribution in [0.15, 0.2) is 34.7 Å². The molecule has 9 heteroatoms. The molecule has 0 bridgehead atoms. The number of esters is 1. The minimum absolute atomic E-state index is 0.159. The maximum atomic E-state index is 12.1. The Balaban J connectivity index is 2.01. The van der Waals surface area contributed by atoms with Gasteiger partial charge in [0.15, 0.2) is 15.3 Å². The summed E-state index contributed by atoms with van der Waals surface area (Å²) >= 11 is 1.00. The van der Waals surface area contributed by atoms with Crippen LogP contribution in [0, 0.1) is 0 Å². The molecule has 1 aromatic carbocycles. The van der Waals surface area contributed by atoms with Crippen molar-refractivity contribution >= 4 is 33.5 Å². The Hall–Kier alpha value is -2.00. The number of carbonyl (C=O) groups excluding carboxylic acids is 2. The second-order valence-corrected chi connectivity index (χ2v) is 7.88. The van der Waals surface area contributed by atoms with E-state index in [1.807, 2.05) is 0 Å². The van der Waals surface area contributed by atoms with E-state index in [-0.39, 0.29) is 9.99 Å². The minimum Gasteiger partial charge on any atom is -0.427 e. The number of sulfone groups is 1. The van der Waals surface area contributed by atoms with Crippen molar-refractivity contribution in [2.45, 2.75) is 12.4 Å². The lowest BCUT2D eigenvalue weighted by Gasteiger charge is -2.13. The van der Waals surface area contributed by atoms with E-state index in [0.717, 1.165) is 18.0 Å². The van der Waals surface area contributed by atoms with Crippen LogP contribution in [0.1, 0.15) is 17.3 Å². The van der Waals surface area contributed by atoms with Crippen molar-refractivity contribution in [1.82, 2.24) is 10.6 Å². The lowest BCUT2D eigenvalue weighted by molar-refractivity contribution is -0.131. The first kappa shape index (κ1) is 16.4. The molecule has 2 rings (SSSR count). The maximum Gasteiger partial charge on any atom is 0.308 e. The van der Waals surface area contributed by atoms with Gasteiger partial charge in [0.1, 0.15) is 9.99 Å². The summed E-state index contributed by atoms with van der Waals surface area (Å²) < 4.78 is 27.8. The quantitative estimate of drug-likeness (QED) is 0.616. The Kier molecular flexibility index (Phi) is 4.77. The van der Waals surface area contributed by atoms with E-state index in [1.54, 1.807) is 18.2 Å². The molecule has 0 spiro atoms.